The van der Waals surface area contributed by atoms with Gasteiger partial charge in [0.05, 0.1) is 4.92 Å². The second-order valence-electron chi connectivity index (χ2n) is 4.79. The Balaban J connectivity index is 2.07. The van der Waals surface area contributed by atoms with Crippen molar-refractivity contribution in [2.75, 3.05) is 11.9 Å². The van der Waals surface area contributed by atoms with Crippen LogP contribution in [0.15, 0.2) is 11.6 Å². The summed E-state index contributed by atoms with van der Waals surface area (Å²) in [6.45, 7) is 4.95. The third-order valence-electron chi connectivity index (χ3n) is 3.45. The molecule has 6 nitrogen and oxygen atoms in total. The number of rotatable bonds is 6. The molecule has 6 heteroatoms. The van der Waals surface area contributed by atoms with E-state index < -0.39 is 0 Å². The molecule has 0 unspecified atom stereocenters. The molecule has 19 heavy (non-hydrogen) atoms. The first kappa shape index (κ1) is 13.6. The highest BCUT2D eigenvalue weighted by Gasteiger charge is 2.24. The zero-order chi connectivity index (χ0) is 13.8. The summed E-state index contributed by atoms with van der Waals surface area (Å²) in [4.78, 5) is 10.7. The molecule has 1 aromatic heterocycles. The standard InChI is InChI=1S/C13H20N4O2/c1-3-16-13(12(17(18)19)10(2)15-16)14-9-8-11-6-4-5-7-11/h6,14H,3-5,7-9H2,1-2H3. The van der Waals surface area contributed by atoms with Gasteiger partial charge in [-0.25, -0.2) is 4.68 Å². The predicted molar refractivity (Wildman–Crippen MR) is 74.3 cm³/mol. The van der Waals surface area contributed by atoms with Gasteiger partial charge in [0.15, 0.2) is 0 Å². The van der Waals surface area contributed by atoms with E-state index in [0.717, 1.165) is 19.4 Å². The van der Waals surface area contributed by atoms with E-state index in [4.69, 9.17) is 0 Å². The summed E-state index contributed by atoms with van der Waals surface area (Å²) in [5, 5.41) is 18.5. The van der Waals surface area contributed by atoms with Crippen LogP contribution in [0.25, 0.3) is 0 Å². The Morgan fingerprint density at radius 3 is 2.95 bits per heavy atom. The van der Waals surface area contributed by atoms with Crippen LogP contribution >= 0.6 is 0 Å². The minimum absolute atomic E-state index is 0.0993. The Hall–Kier alpha value is -1.85. The number of anilines is 1. The average molecular weight is 264 g/mol. The van der Waals surface area contributed by atoms with Gasteiger partial charge < -0.3 is 5.32 Å². The minimum atomic E-state index is -0.355. The highest BCUT2D eigenvalue weighted by Crippen LogP contribution is 2.28. The van der Waals surface area contributed by atoms with Crippen LogP contribution in [0.1, 0.15) is 38.3 Å². The van der Waals surface area contributed by atoms with E-state index in [2.05, 4.69) is 16.5 Å². The fourth-order valence-electron chi connectivity index (χ4n) is 2.50. The summed E-state index contributed by atoms with van der Waals surface area (Å²) in [6.07, 6.45) is 6.79. The van der Waals surface area contributed by atoms with E-state index in [9.17, 15) is 10.1 Å². The molecule has 0 saturated carbocycles. The molecule has 0 atom stereocenters. The van der Waals surface area contributed by atoms with Crippen LogP contribution in [0.4, 0.5) is 11.5 Å². The monoisotopic (exact) mass is 264 g/mol. The molecule has 0 bridgehead atoms. The van der Waals surface area contributed by atoms with Crippen molar-refractivity contribution >= 4 is 11.5 Å². The van der Waals surface area contributed by atoms with Crippen molar-refractivity contribution in [2.45, 2.75) is 46.1 Å². The van der Waals surface area contributed by atoms with Gasteiger partial charge in [-0.15, -0.1) is 0 Å². The summed E-state index contributed by atoms with van der Waals surface area (Å²) in [5.41, 5.74) is 2.02. The van der Waals surface area contributed by atoms with Gasteiger partial charge in [0.2, 0.25) is 5.82 Å². The average Bonchev–Trinajstić information content (AvgIpc) is 2.97. The number of nitro groups is 1. The van der Waals surface area contributed by atoms with Gasteiger partial charge in [-0.2, -0.15) is 5.10 Å². The van der Waals surface area contributed by atoms with E-state index >= 15 is 0 Å². The lowest BCUT2D eigenvalue weighted by Gasteiger charge is -2.08. The minimum Gasteiger partial charge on any atom is -0.364 e. The molecule has 1 N–H and O–H groups in total. The number of nitrogens with zero attached hydrogens (tertiary/aromatic N) is 3. The smallest absolute Gasteiger partial charge is 0.333 e. The molecular weight excluding hydrogens is 244 g/mol. The van der Waals surface area contributed by atoms with Gasteiger partial charge in [-0.05, 0) is 39.5 Å². The maximum absolute atomic E-state index is 11.1. The molecule has 1 aromatic rings. The van der Waals surface area contributed by atoms with Crippen LogP contribution in [0.2, 0.25) is 0 Å². The summed E-state index contributed by atoms with van der Waals surface area (Å²) in [7, 11) is 0. The number of aryl methyl sites for hydroxylation is 2. The van der Waals surface area contributed by atoms with Gasteiger partial charge in [-0.1, -0.05) is 11.6 Å². The first-order chi connectivity index (χ1) is 9.13. The summed E-state index contributed by atoms with van der Waals surface area (Å²) < 4.78 is 1.66. The number of allylic oxidation sites excluding steroid dienone is 1. The molecule has 104 valence electrons. The molecule has 0 spiro atoms. The van der Waals surface area contributed by atoms with Crippen molar-refractivity contribution in [2.24, 2.45) is 0 Å². The Morgan fingerprint density at radius 1 is 1.58 bits per heavy atom. The molecule has 0 amide bonds. The molecule has 0 saturated heterocycles. The first-order valence-corrected chi connectivity index (χ1v) is 6.77. The van der Waals surface area contributed by atoms with Crippen molar-refractivity contribution in [3.05, 3.63) is 27.5 Å². The lowest BCUT2D eigenvalue weighted by Crippen LogP contribution is -2.10. The maximum Gasteiger partial charge on any atom is 0.333 e. The Kier molecular flexibility index (Phi) is 4.19. The third-order valence-corrected chi connectivity index (χ3v) is 3.45. The van der Waals surface area contributed by atoms with Gasteiger partial charge in [0.1, 0.15) is 5.69 Å². The molecule has 1 heterocycles. The largest absolute Gasteiger partial charge is 0.364 e. The first-order valence-electron chi connectivity index (χ1n) is 6.77. The fourth-order valence-corrected chi connectivity index (χ4v) is 2.50. The Bertz CT molecular complexity index is 505. The summed E-state index contributed by atoms with van der Waals surface area (Å²) in [6, 6.07) is 0. The zero-order valence-electron chi connectivity index (χ0n) is 11.5. The second-order valence-corrected chi connectivity index (χ2v) is 4.79. The predicted octanol–water partition coefficient (Wildman–Crippen LogP) is 3.03. The summed E-state index contributed by atoms with van der Waals surface area (Å²) >= 11 is 0. The lowest BCUT2D eigenvalue weighted by molar-refractivity contribution is -0.384. The Labute approximate surface area is 112 Å². The second kappa shape index (κ2) is 5.86. The summed E-state index contributed by atoms with van der Waals surface area (Å²) in [5.74, 6) is 0.531. The van der Waals surface area contributed by atoms with E-state index in [-0.39, 0.29) is 10.6 Å². The van der Waals surface area contributed by atoms with E-state index in [0.29, 0.717) is 18.1 Å². The number of hydrogen-bond acceptors (Lipinski definition) is 4. The van der Waals surface area contributed by atoms with Crippen molar-refractivity contribution in [1.82, 2.24) is 9.78 Å². The van der Waals surface area contributed by atoms with Crippen LogP contribution in [-0.2, 0) is 6.54 Å². The van der Waals surface area contributed by atoms with Crippen molar-refractivity contribution in [1.29, 1.82) is 0 Å². The molecule has 0 fully saturated rings. The quantitative estimate of drug-likeness (QED) is 0.487. The van der Waals surface area contributed by atoms with E-state index in [1.54, 1.807) is 11.6 Å². The molecular formula is C13H20N4O2. The molecule has 0 radical (unpaired) electrons. The van der Waals surface area contributed by atoms with Crippen LogP contribution in [0.3, 0.4) is 0 Å². The number of nitrogens with one attached hydrogen (secondary N) is 1. The third kappa shape index (κ3) is 2.94. The molecule has 0 aromatic carbocycles. The SMILES string of the molecule is CCn1nc(C)c([N+](=O)[O-])c1NCCC1=CCCC1. The van der Waals surface area contributed by atoms with E-state index in [1.807, 2.05) is 6.92 Å². The number of hydrogen-bond donors (Lipinski definition) is 1. The van der Waals surface area contributed by atoms with Gasteiger partial charge >= 0.3 is 5.69 Å². The normalized spacial score (nSPS) is 14.5. The highest BCUT2D eigenvalue weighted by atomic mass is 16.6. The maximum atomic E-state index is 11.1. The zero-order valence-corrected chi connectivity index (χ0v) is 11.5. The molecule has 2 rings (SSSR count). The van der Waals surface area contributed by atoms with Crippen LogP contribution < -0.4 is 5.32 Å². The van der Waals surface area contributed by atoms with Crippen LogP contribution in [0.5, 0.6) is 0 Å². The van der Waals surface area contributed by atoms with Crippen LogP contribution in [-0.4, -0.2) is 21.2 Å². The van der Waals surface area contributed by atoms with Gasteiger partial charge in [0.25, 0.3) is 0 Å². The van der Waals surface area contributed by atoms with Crippen molar-refractivity contribution in [3.8, 4) is 0 Å². The van der Waals surface area contributed by atoms with Gasteiger partial charge in [-0.3, -0.25) is 10.1 Å². The molecule has 1 aliphatic rings. The highest BCUT2D eigenvalue weighted by molar-refractivity contribution is 5.59. The topological polar surface area (TPSA) is 73.0 Å². The van der Waals surface area contributed by atoms with E-state index in [1.165, 1.54) is 18.4 Å². The number of aromatic nitrogens is 2. The molecule has 0 aliphatic heterocycles. The van der Waals surface area contributed by atoms with Crippen LogP contribution in [0, 0.1) is 17.0 Å². The van der Waals surface area contributed by atoms with Crippen molar-refractivity contribution < 1.29 is 4.92 Å². The van der Waals surface area contributed by atoms with Crippen molar-refractivity contribution in [3.63, 3.8) is 0 Å². The Morgan fingerprint density at radius 2 is 2.37 bits per heavy atom. The van der Waals surface area contributed by atoms with Gasteiger partial charge in [0, 0.05) is 13.1 Å². The lowest BCUT2D eigenvalue weighted by atomic mass is 10.2. The fraction of sp³-hybridized carbons (Fsp3) is 0.615. The molecule has 1 aliphatic carbocycles.